The summed E-state index contributed by atoms with van der Waals surface area (Å²) < 4.78 is 41.0. The number of alkyl carbamates (subject to hydrolysis) is 1. The molecule has 4 nitrogen and oxygen atoms in total. The maximum atomic E-state index is 12.1. The van der Waals surface area contributed by atoms with Crippen LogP contribution in [0.5, 0.6) is 0 Å². The maximum Gasteiger partial charge on any atom is 0.407 e. The van der Waals surface area contributed by atoms with Gasteiger partial charge in [-0.1, -0.05) is 0 Å². The third kappa shape index (κ3) is 5.76. The van der Waals surface area contributed by atoms with Crippen molar-refractivity contribution >= 4 is 6.09 Å². The number of alkyl halides is 3. The van der Waals surface area contributed by atoms with Crippen LogP contribution in [0.25, 0.3) is 0 Å². The van der Waals surface area contributed by atoms with Gasteiger partial charge in [-0.15, -0.1) is 0 Å². The Hall–Kier alpha value is -0.980. The van der Waals surface area contributed by atoms with Crippen LogP contribution in [0.1, 0.15) is 13.3 Å². The summed E-state index contributed by atoms with van der Waals surface area (Å²) >= 11 is 0. The molecule has 1 heterocycles. The van der Waals surface area contributed by atoms with E-state index in [1.54, 1.807) is 6.92 Å². The van der Waals surface area contributed by atoms with Crippen LogP contribution in [0.4, 0.5) is 18.0 Å². The molecule has 1 rings (SSSR count). The molecule has 0 aromatic heterocycles. The fraction of sp³-hybridized carbons (Fsp3) is 0.900. The van der Waals surface area contributed by atoms with E-state index in [2.05, 4.69) is 10.1 Å². The van der Waals surface area contributed by atoms with Gasteiger partial charge in [0.05, 0.1) is 13.2 Å². The lowest BCUT2D eigenvalue weighted by molar-refractivity contribution is -0.143. The summed E-state index contributed by atoms with van der Waals surface area (Å²) in [6.07, 6.45) is -3.99. The molecule has 0 aromatic carbocycles. The van der Waals surface area contributed by atoms with Crippen molar-refractivity contribution < 1.29 is 22.7 Å². The molecule has 1 saturated heterocycles. The Labute approximate surface area is 98.1 Å². The molecule has 1 aliphatic rings. The lowest BCUT2D eigenvalue weighted by Crippen LogP contribution is -2.34. The zero-order valence-electron chi connectivity index (χ0n) is 9.72. The molecule has 0 saturated carbocycles. The number of amides is 1. The average Bonchev–Trinajstić information content (AvgIpc) is 2.60. The number of likely N-dealkylation sites (tertiary alicyclic amines) is 1. The molecule has 0 spiro atoms. The smallest absolute Gasteiger partial charge is 0.407 e. The second kappa shape index (κ2) is 6.09. The van der Waals surface area contributed by atoms with E-state index >= 15 is 0 Å². The Morgan fingerprint density at radius 2 is 2.24 bits per heavy atom. The van der Waals surface area contributed by atoms with Gasteiger partial charge in [-0.2, -0.15) is 13.2 Å². The standard InChI is InChI=1S/C10H17F3N2O2/c1-2-17-9(16)14-5-8-3-4-15(6-8)7-10(11,12)13/h8H,2-7H2,1H3,(H,14,16). The van der Waals surface area contributed by atoms with E-state index in [-0.39, 0.29) is 12.5 Å². The topological polar surface area (TPSA) is 41.6 Å². The number of rotatable bonds is 4. The molecule has 0 radical (unpaired) electrons. The third-order valence-electron chi connectivity index (χ3n) is 2.58. The van der Waals surface area contributed by atoms with Crippen molar-refractivity contribution in [2.75, 3.05) is 32.8 Å². The zero-order valence-corrected chi connectivity index (χ0v) is 9.72. The van der Waals surface area contributed by atoms with Gasteiger partial charge in [0.15, 0.2) is 0 Å². The highest BCUT2D eigenvalue weighted by Crippen LogP contribution is 2.22. The molecule has 1 N–H and O–H groups in total. The fourth-order valence-corrected chi connectivity index (χ4v) is 1.89. The number of hydrogen-bond donors (Lipinski definition) is 1. The van der Waals surface area contributed by atoms with Crippen LogP contribution in [0.3, 0.4) is 0 Å². The summed E-state index contributed by atoms with van der Waals surface area (Å²) in [5.74, 6) is 0.0711. The number of halogens is 3. The minimum atomic E-state index is -4.15. The highest BCUT2D eigenvalue weighted by atomic mass is 19.4. The summed E-state index contributed by atoms with van der Waals surface area (Å²) in [4.78, 5) is 12.3. The molecule has 7 heteroatoms. The second-order valence-electron chi connectivity index (χ2n) is 4.11. The molecule has 17 heavy (non-hydrogen) atoms. The third-order valence-corrected chi connectivity index (χ3v) is 2.58. The van der Waals surface area contributed by atoms with E-state index in [1.165, 1.54) is 4.90 Å². The molecule has 1 atom stereocenters. The predicted molar refractivity (Wildman–Crippen MR) is 55.6 cm³/mol. The molecular weight excluding hydrogens is 237 g/mol. The van der Waals surface area contributed by atoms with Crippen LogP contribution >= 0.6 is 0 Å². The van der Waals surface area contributed by atoms with Crippen molar-refractivity contribution in [2.24, 2.45) is 5.92 Å². The first-order chi connectivity index (χ1) is 7.90. The van der Waals surface area contributed by atoms with Gasteiger partial charge < -0.3 is 10.1 Å². The van der Waals surface area contributed by atoms with E-state index in [9.17, 15) is 18.0 Å². The first-order valence-corrected chi connectivity index (χ1v) is 5.60. The fourth-order valence-electron chi connectivity index (χ4n) is 1.89. The van der Waals surface area contributed by atoms with Gasteiger partial charge in [0.25, 0.3) is 0 Å². The van der Waals surface area contributed by atoms with Crippen molar-refractivity contribution in [3.8, 4) is 0 Å². The van der Waals surface area contributed by atoms with Gasteiger partial charge in [-0.05, 0) is 25.8 Å². The molecule has 1 aliphatic heterocycles. The minimum Gasteiger partial charge on any atom is -0.450 e. The molecular formula is C10H17F3N2O2. The van der Waals surface area contributed by atoms with Gasteiger partial charge in [-0.25, -0.2) is 4.79 Å². The van der Waals surface area contributed by atoms with E-state index in [0.29, 0.717) is 26.1 Å². The highest BCUT2D eigenvalue weighted by Gasteiger charge is 2.34. The first-order valence-electron chi connectivity index (χ1n) is 5.60. The quantitative estimate of drug-likeness (QED) is 0.828. The molecule has 0 bridgehead atoms. The summed E-state index contributed by atoms with van der Waals surface area (Å²) in [6.45, 7) is 2.27. The van der Waals surface area contributed by atoms with E-state index < -0.39 is 18.8 Å². The normalized spacial score (nSPS) is 21.5. The van der Waals surface area contributed by atoms with Crippen LogP contribution < -0.4 is 5.32 Å². The van der Waals surface area contributed by atoms with Crippen molar-refractivity contribution in [3.05, 3.63) is 0 Å². The first kappa shape index (κ1) is 14.1. The average molecular weight is 254 g/mol. The second-order valence-corrected chi connectivity index (χ2v) is 4.11. The Bertz CT molecular complexity index is 258. The number of carbonyl (C=O) groups excluding carboxylic acids is 1. The Kier molecular flexibility index (Phi) is 5.04. The highest BCUT2D eigenvalue weighted by molar-refractivity contribution is 5.67. The van der Waals surface area contributed by atoms with E-state index in [4.69, 9.17) is 0 Å². The van der Waals surface area contributed by atoms with E-state index in [0.717, 1.165) is 0 Å². The van der Waals surface area contributed by atoms with Gasteiger partial charge in [0, 0.05) is 13.1 Å². The summed E-state index contributed by atoms with van der Waals surface area (Å²) in [6, 6.07) is 0. The molecule has 1 amide bonds. The van der Waals surface area contributed by atoms with Crippen molar-refractivity contribution in [3.63, 3.8) is 0 Å². The Morgan fingerprint density at radius 3 is 2.82 bits per heavy atom. The van der Waals surface area contributed by atoms with Crippen molar-refractivity contribution in [1.82, 2.24) is 10.2 Å². The van der Waals surface area contributed by atoms with Crippen LogP contribution in [-0.2, 0) is 4.74 Å². The summed E-state index contributed by atoms with van der Waals surface area (Å²) in [5.41, 5.74) is 0. The predicted octanol–water partition coefficient (Wildman–Crippen LogP) is 1.62. The zero-order chi connectivity index (χ0) is 12.9. The Morgan fingerprint density at radius 1 is 1.53 bits per heavy atom. The largest absolute Gasteiger partial charge is 0.450 e. The lowest BCUT2D eigenvalue weighted by Gasteiger charge is -2.17. The van der Waals surface area contributed by atoms with E-state index in [1.807, 2.05) is 0 Å². The number of ether oxygens (including phenoxy) is 1. The molecule has 1 fully saturated rings. The number of hydrogen-bond acceptors (Lipinski definition) is 3. The van der Waals surface area contributed by atoms with Gasteiger partial charge in [0.1, 0.15) is 0 Å². The monoisotopic (exact) mass is 254 g/mol. The van der Waals surface area contributed by atoms with Gasteiger partial charge in [-0.3, -0.25) is 4.90 Å². The van der Waals surface area contributed by atoms with Crippen molar-refractivity contribution in [2.45, 2.75) is 19.5 Å². The van der Waals surface area contributed by atoms with Gasteiger partial charge >= 0.3 is 12.3 Å². The number of nitrogens with zero attached hydrogens (tertiary/aromatic N) is 1. The lowest BCUT2D eigenvalue weighted by atomic mass is 10.1. The van der Waals surface area contributed by atoms with Crippen LogP contribution in [-0.4, -0.2) is 50.0 Å². The number of carbonyl (C=O) groups is 1. The summed E-state index contributed by atoms with van der Waals surface area (Å²) in [5, 5.41) is 2.54. The van der Waals surface area contributed by atoms with Crippen molar-refractivity contribution in [1.29, 1.82) is 0 Å². The minimum absolute atomic E-state index is 0.0711. The maximum absolute atomic E-state index is 12.1. The number of nitrogens with one attached hydrogen (secondary N) is 1. The van der Waals surface area contributed by atoms with Crippen LogP contribution in [0, 0.1) is 5.92 Å². The Balaban J connectivity index is 2.20. The molecule has 0 aliphatic carbocycles. The van der Waals surface area contributed by atoms with Gasteiger partial charge in [0.2, 0.25) is 0 Å². The molecule has 100 valence electrons. The molecule has 1 unspecified atom stereocenters. The molecule has 0 aromatic rings. The SMILES string of the molecule is CCOC(=O)NCC1CCN(CC(F)(F)F)C1. The summed E-state index contributed by atoms with van der Waals surface area (Å²) in [7, 11) is 0. The van der Waals surface area contributed by atoms with Crippen LogP contribution in [0.2, 0.25) is 0 Å². The van der Waals surface area contributed by atoms with Crippen LogP contribution in [0.15, 0.2) is 0 Å².